The third kappa shape index (κ3) is 3.60. The van der Waals surface area contributed by atoms with Gasteiger partial charge < -0.3 is 4.74 Å². The van der Waals surface area contributed by atoms with Crippen LogP contribution in [-0.2, 0) is 23.0 Å². The fourth-order valence-electron chi connectivity index (χ4n) is 2.55. The first-order valence-electron chi connectivity index (χ1n) is 8.36. The lowest BCUT2D eigenvalue weighted by Gasteiger charge is -2.08. The van der Waals surface area contributed by atoms with Gasteiger partial charge in [0.2, 0.25) is 4.96 Å². The zero-order valence-corrected chi connectivity index (χ0v) is 16.8. The van der Waals surface area contributed by atoms with Crippen molar-refractivity contribution in [2.75, 3.05) is 7.11 Å². The van der Waals surface area contributed by atoms with Gasteiger partial charge in [0.1, 0.15) is 10.8 Å². The van der Waals surface area contributed by atoms with Crippen LogP contribution in [0.3, 0.4) is 0 Å². The fourth-order valence-corrected chi connectivity index (χ4v) is 4.87. The number of hydrogen-bond donors (Lipinski definition) is 1. The van der Waals surface area contributed by atoms with Gasteiger partial charge >= 0.3 is 0 Å². The minimum atomic E-state index is -3.76. The molecule has 0 radical (unpaired) electrons. The van der Waals surface area contributed by atoms with Crippen LogP contribution in [-0.4, -0.2) is 30.1 Å². The molecule has 0 aliphatic heterocycles. The Hall–Kier alpha value is -1.97. The van der Waals surface area contributed by atoms with Gasteiger partial charge in [-0.3, -0.25) is 0 Å². The number of hydrogen-bond acceptors (Lipinski definition) is 6. The summed E-state index contributed by atoms with van der Waals surface area (Å²) in [6.45, 7) is 6.09. The van der Waals surface area contributed by atoms with E-state index in [1.807, 2.05) is 39.0 Å². The lowest BCUT2D eigenvalue weighted by Crippen LogP contribution is -2.25. The Morgan fingerprint density at radius 3 is 2.77 bits per heavy atom. The Morgan fingerprint density at radius 2 is 2.12 bits per heavy atom. The highest BCUT2D eigenvalue weighted by molar-refractivity contribution is 7.89. The summed E-state index contributed by atoms with van der Waals surface area (Å²) >= 11 is 1.42. The normalized spacial score (nSPS) is 12.2. The molecule has 0 aliphatic carbocycles. The van der Waals surface area contributed by atoms with Gasteiger partial charge in [-0.15, -0.1) is 0 Å². The van der Waals surface area contributed by atoms with Gasteiger partial charge in [-0.05, 0) is 24.1 Å². The van der Waals surface area contributed by atoms with Crippen LogP contribution in [0.1, 0.15) is 43.0 Å². The molecule has 0 spiro atoms. The van der Waals surface area contributed by atoms with Gasteiger partial charge in [-0.1, -0.05) is 44.2 Å². The van der Waals surface area contributed by atoms with Crippen molar-refractivity contribution in [2.45, 2.75) is 44.7 Å². The van der Waals surface area contributed by atoms with Crippen molar-refractivity contribution in [3.05, 3.63) is 40.5 Å². The molecule has 0 saturated carbocycles. The van der Waals surface area contributed by atoms with Crippen LogP contribution < -0.4 is 9.46 Å². The first-order valence-corrected chi connectivity index (χ1v) is 10.7. The fraction of sp³-hybridized carbons (Fsp3) is 0.412. The number of fused-ring (bicyclic) bond motifs is 1. The van der Waals surface area contributed by atoms with E-state index in [9.17, 15) is 8.42 Å². The molecule has 1 aromatic carbocycles. The first-order chi connectivity index (χ1) is 12.4. The molecule has 2 heterocycles. The molecule has 0 aliphatic rings. The topological polar surface area (TPSA) is 85.6 Å². The largest absolute Gasteiger partial charge is 0.497 e. The van der Waals surface area contributed by atoms with Gasteiger partial charge in [0.15, 0.2) is 5.03 Å². The maximum atomic E-state index is 13.0. The van der Waals surface area contributed by atoms with Gasteiger partial charge in [0.25, 0.3) is 10.0 Å². The van der Waals surface area contributed by atoms with E-state index in [0.717, 1.165) is 10.6 Å². The maximum Gasteiger partial charge on any atom is 0.260 e. The monoisotopic (exact) mass is 394 g/mol. The third-order valence-electron chi connectivity index (χ3n) is 3.93. The highest BCUT2D eigenvalue weighted by Gasteiger charge is 2.27. The summed E-state index contributed by atoms with van der Waals surface area (Å²) in [6, 6.07) is 7.29. The van der Waals surface area contributed by atoms with Crippen LogP contribution in [0.15, 0.2) is 29.3 Å². The van der Waals surface area contributed by atoms with Crippen LogP contribution in [0.25, 0.3) is 4.96 Å². The van der Waals surface area contributed by atoms with Crippen LogP contribution in [0.2, 0.25) is 0 Å². The van der Waals surface area contributed by atoms with E-state index in [0.29, 0.717) is 22.8 Å². The van der Waals surface area contributed by atoms with E-state index >= 15 is 0 Å². The van der Waals surface area contributed by atoms with E-state index in [1.165, 1.54) is 15.9 Å². The summed E-state index contributed by atoms with van der Waals surface area (Å²) in [5, 5.41) is 5.45. The van der Waals surface area contributed by atoms with E-state index in [2.05, 4.69) is 14.8 Å². The maximum absolute atomic E-state index is 13.0. The highest BCUT2D eigenvalue weighted by atomic mass is 32.2. The van der Waals surface area contributed by atoms with Crippen molar-refractivity contribution >= 4 is 26.3 Å². The molecule has 0 atom stereocenters. The van der Waals surface area contributed by atoms with Crippen molar-refractivity contribution in [3.63, 3.8) is 0 Å². The molecule has 3 rings (SSSR count). The van der Waals surface area contributed by atoms with Crippen LogP contribution in [0.5, 0.6) is 5.75 Å². The SMILES string of the molecule is CCc1nc2sc(C(C)C)nn2c1S(=O)(=O)NCc1cccc(OC)c1. The van der Waals surface area contributed by atoms with E-state index in [1.54, 1.807) is 13.2 Å². The second kappa shape index (κ2) is 7.34. The number of rotatable bonds is 7. The summed E-state index contributed by atoms with van der Waals surface area (Å²) in [4.78, 5) is 5.07. The molecule has 26 heavy (non-hydrogen) atoms. The van der Waals surface area contributed by atoms with Crippen molar-refractivity contribution in [3.8, 4) is 5.75 Å². The van der Waals surface area contributed by atoms with E-state index in [4.69, 9.17) is 4.74 Å². The van der Waals surface area contributed by atoms with Crippen LogP contribution >= 0.6 is 11.3 Å². The Labute approximate surface area is 157 Å². The predicted molar refractivity (Wildman–Crippen MR) is 101 cm³/mol. The average Bonchev–Trinajstić information content (AvgIpc) is 3.17. The van der Waals surface area contributed by atoms with Gasteiger partial charge in [-0.2, -0.15) is 9.61 Å². The highest BCUT2D eigenvalue weighted by Crippen LogP contribution is 2.26. The summed E-state index contributed by atoms with van der Waals surface area (Å²) in [6.07, 6.45) is 0.516. The number of sulfonamides is 1. The lowest BCUT2D eigenvalue weighted by atomic mass is 10.2. The molecule has 0 saturated heterocycles. The Bertz CT molecular complexity index is 1020. The molecule has 0 fully saturated rings. The second-order valence-corrected chi connectivity index (χ2v) is 8.85. The number of aryl methyl sites for hydroxylation is 1. The van der Waals surface area contributed by atoms with Gasteiger partial charge in [-0.25, -0.2) is 18.1 Å². The van der Waals surface area contributed by atoms with Crippen molar-refractivity contribution in [1.29, 1.82) is 0 Å². The summed E-state index contributed by atoms with van der Waals surface area (Å²) < 4.78 is 35.2. The van der Waals surface area contributed by atoms with Gasteiger partial charge in [0.05, 0.1) is 12.8 Å². The molecular formula is C17H22N4O3S2. The van der Waals surface area contributed by atoms with Gasteiger partial charge in [0, 0.05) is 12.5 Å². The second-order valence-electron chi connectivity index (χ2n) is 6.18. The standard InChI is InChI=1S/C17H22N4O3S2/c1-5-14-16(21-17(19-14)25-15(20-21)11(2)3)26(22,23)18-10-12-7-6-8-13(9-12)24-4/h6-9,11,18H,5,10H2,1-4H3. The van der Waals surface area contributed by atoms with E-state index < -0.39 is 10.0 Å². The minimum Gasteiger partial charge on any atom is -0.497 e. The molecule has 0 bridgehead atoms. The minimum absolute atomic E-state index is 0.126. The first kappa shape index (κ1) is 18.8. The Morgan fingerprint density at radius 1 is 1.35 bits per heavy atom. The lowest BCUT2D eigenvalue weighted by molar-refractivity contribution is 0.414. The molecule has 1 N–H and O–H groups in total. The Kier molecular flexibility index (Phi) is 5.31. The summed E-state index contributed by atoms with van der Waals surface area (Å²) in [5.74, 6) is 0.899. The molecule has 140 valence electrons. The smallest absolute Gasteiger partial charge is 0.260 e. The van der Waals surface area contributed by atoms with E-state index in [-0.39, 0.29) is 17.5 Å². The zero-order valence-electron chi connectivity index (χ0n) is 15.2. The quantitative estimate of drug-likeness (QED) is 0.666. The molecule has 7 nitrogen and oxygen atoms in total. The number of aromatic nitrogens is 3. The number of nitrogens with one attached hydrogen (secondary N) is 1. The van der Waals surface area contributed by atoms with Crippen molar-refractivity contribution < 1.29 is 13.2 Å². The van der Waals surface area contributed by atoms with Crippen molar-refractivity contribution in [2.24, 2.45) is 0 Å². The predicted octanol–water partition coefficient (Wildman–Crippen LogP) is 2.96. The molecule has 3 aromatic rings. The average molecular weight is 395 g/mol. The molecule has 0 unspecified atom stereocenters. The number of benzene rings is 1. The number of methoxy groups -OCH3 is 1. The molecule has 0 amide bonds. The Balaban J connectivity index is 1.94. The zero-order chi connectivity index (χ0) is 18.9. The third-order valence-corrected chi connectivity index (χ3v) is 6.58. The summed E-state index contributed by atoms with van der Waals surface area (Å²) in [5.41, 5.74) is 1.34. The molecular weight excluding hydrogens is 372 g/mol. The number of imidazole rings is 1. The number of ether oxygens (including phenoxy) is 1. The molecule has 2 aromatic heterocycles. The summed E-state index contributed by atoms with van der Waals surface area (Å²) in [7, 11) is -2.18. The van der Waals surface area contributed by atoms with Crippen LogP contribution in [0, 0.1) is 0 Å². The molecule has 9 heteroatoms. The number of nitrogens with zero attached hydrogens (tertiary/aromatic N) is 3. The van der Waals surface area contributed by atoms with Crippen LogP contribution in [0.4, 0.5) is 0 Å². The van der Waals surface area contributed by atoms with Crippen molar-refractivity contribution in [1.82, 2.24) is 19.3 Å².